The van der Waals surface area contributed by atoms with Gasteiger partial charge in [-0.15, -0.1) is 11.3 Å². The molecule has 35 heavy (non-hydrogen) atoms. The zero-order valence-electron chi connectivity index (χ0n) is 20.0. The highest BCUT2D eigenvalue weighted by Crippen LogP contribution is 2.38. The van der Waals surface area contributed by atoms with Crippen LogP contribution in [0.25, 0.3) is 21.3 Å². The van der Waals surface area contributed by atoms with Gasteiger partial charge in [0.25, 0.3) is 0 Å². The number of morpholine rings is 1. The molecule has 1 aliphatic heterocycles. The summed E-state index contributed by atoms with van der Waals surface area (Å²) in [6.07, 6.45) is 0. The van der Waals surface area contributed by atoms with Crippen molar-refractivity contribution in [3.05, 3.63) is 65.8 Å². The minimum atomic E-state index is -0.0656. The van der Waals surface area contributed by atoms with Crippen molar-refractivity contribution in [1.29, 1.82) is 0 Å². The van der Waals surface area contributed by atoms with Gasteiger partial charge in [0.05, 0.1) is 18.6 Å². The average molecular weight is 489 g/mol. The number of benzene rings is 2. The minimum Gasteiger partial charge on any atom is -0.370 e. The zero-order chi connectivity index (χ0) is 24.2. The van der Waals surface area contributed by atoms with Crippen LogP contribution in [0.2, 0.25) is 0 Å². The molecule has 8 heteroatoms. The second-order valence-corrected chi connectivity index (χ2v) is 9.93. The summed E-state index contributed by atoms with van der Waals surface area (Å²) in [5.74, 6) is 1.57. The largest absolute Gasteiger partial charge is 0.370 e. The van der Waals surface area contributed by atoms with Gasteiger partial charge in [0.15, 0.2) is 5.82 Å². The summed E-state index contributed by atoms with van der Waals surface area (Å²) in [7, 11) is 0. The van der Waals surface area contributed by atoms with Crippen molar-refractivity contribution in [3.8, 4) is 11.1 Å². The van der Waals surface area contributed by atoms with Crippen LogP contribution >= 0.6 is 11.3 Å². The number of rotatable bonds is 7. The number of nitrogens with zero attached hydrogens (tertiary/aromatic N) is 2. The lowest BCUT2D eigenvalue weighted by atomic mass is 10.1. The van der Waals surface area contributed by atoms with Gasteiger partial charge in [-0.3, -0.25) is 4.79 Å². The first kappa shape index (κ1) is 23.4. The second kappa shape index (κ2) is 10.5. The Kier molecular flexibility index (Phi) is 7.03. The lowest BCUT2D eigenvalue weighted by Crippen LogP contribution is -3.12. The predicted molar refractivity (Wildman–Crippen MR) is 141 cm³/mol. The maximum Gasteiger partial charge on any atom is 0.226 e. The summed E-state index contributed by atoms with van der Waals surface area (Å²) in [5.41, 5.74) is 3.95. The van der Waals surface area contributed by atoms with E-state index in [4.69, 9.17) is 14.7 Å². The van der Waals surface area contributed by atoms with E-state index in [1.807, 2.05) is 56.3 Å². The topological polar surface area (TPSA) is 80.6 Å². The predicted octanol–water partition coefficient (Wildman–Crippen LogP) is 4.11. The van der Waals surface area contributed by atoms with Gasteiger partial charge in [-0.2, -0.15) is 0 Å². The number of hydrogen-bond acceptors (Lipinski definition) is 6. The fourth-order valence-electron chi connectivity index (χ4n) is 4.11. The van der Waals surface area contributed by atoms with Crippen LogP contribution in [0, 0.1) is 5.92 Å². The molecular formula is C27H30N5O2S+. The number of thiophene rings is 1. The summed E-state index contributed by atoms with van der Waals surface area (Å²) >= 11 is 1.65. The number of nitrogens with one attached hydrogen (secondary N) is 3. The van der Waals surface area contributed by atoms with E-state index in [1.165, 1.54) is 4.90 Å². The van der Waals surface area contributed by atoms with Crippen LogP contribution in [0.4, 0.5) is 17.2 Å². The summed E-state index contributed by atoms with van der Waals surface area (Å²) in [6.45, 7) is 8.02. The Balaban J connectivity index is 1.48. The third-order valence-corrected chi connectivity index (χ3v) is 6.98. The molecule has 0 atom stereocenters. The zero-order valence-corrected chi connectivity index (χ0v) is 20.8. The van der Waals surface area contributed by atoms with Gasteiger partial charge in [0, 0.05) is 28.2 Å². The molecule has 0 saturated carbocycles. The van der Waals surface area contributed by atoms with E-state index in [9.17, 15) is 4.79 Å². The van der Waals surface area contributed by atoms with E-state index in [2.05, 4.69) is 28.1 Å². The van der Waals surface area contributed by atoms with Crippen molar-refractivity contribution < 1.29 is 14.4 Å². The molecule has 1 amide bonds. The van der Waals surface area contributed by atoms with E-state index in [-0.39, 0.29) is 11.8 Å². The third-order valence-electron chi connectivity index (χ3n) is 6.11. The minimum absolute atomic E-state index is 0.00393. The van der Waals surface area contributed by atoms with Gasteiger partial charge < -0.3 is 20.3 Å². The SMILES string of the molecule is CC(C)C(=O)Nc1ccc(Nc2nc(C[NH+]3CCOCC3)nc3scc(-c4ccccc4)c23)cc1. The van der Waals surface area contributed by atoms with E-state index < -0.39 is 0 Å². The molecular weight excluding hydrogens is 458 g/mol. The van der Waals surface area contributed by atoms with E-state index >= 15 is 0 Å². The standard InChI is InChI=1S/C27H29N5O2S/c1-18(2)26(33)29-21-10-8-20(9-11-21)28-25-24-22(19-6-4-3-5-7-19)17-35-27(24)31-23(30-25)16-32-12-14-34-15-13-32/h3-11,17-18H,12-16H2,1-2H3,(H,29,33)(H,28,30,31)/p+1. The van der Waals surface area contributed by atoms with Crippen molar-refractivity contribution in [2.45, 2.75) is 20.4 Å². The number of anilines is 3. The van der Waals surface area contributed by atoms with Crippen molar-refractivity contribution >= 4 is 44.7 Å². The highest BCUT2D eigenvalue weighted by Gasteiger charge is 2.20. The quantitative estimate of drug-likeness (QED) is 0.365. The number of aromatic nitrogens is 2. The number of carbonyl (C=O) groups excluding carboxylic acids is 1. The van der Waals surface area contributed by atoms with E-state index in [0.717, 1.165) is 77.2 Å². The Hall–Kier alpha value is -3.33. The Morgan fingerprint density at radius 2 is 1.74 bits per heavy atom. The summed E-state index contributed by atoms with van der Waals surface area (Å²) < 4.78 is 5.51. The maximum atomic E-state index is 12.0. The summed E-state index contributed by atoms with van der Waals surface area (Å²) in [5, 5.41) is 9.66. The molecule has 7 nitrogen and oxygen atoms in total. The molecule has 4 aromatic rings. The molecule has 0 spiro atoms. The molecule has 3 N–H and O–H groups in total. The van der Waals surface area contributed by atoms with E-state index in [0.29, 0.717) is 0 Å². The molecule has 2 aromatic carbocycles. The molecule has 5 rings (SSSR count). The van der Waals surface area contributed by atoms with Crippen molar-refractivity contribution in [2.24, 2.45) is 5.92 Å². The Morgan fingerprint density at radius 1 is 1.03 bits per heavy atom. The lowest BCUT2D eigenvalue weighted by Gasteiger charge is -2.23. The van der Waals surface area contributed by atoms with Crippen LogP contribution in [0.3, 0.4) is 0 Å². The number of ether oxygens (including phenoxy) is 1. The van der Waals surface area contributed by atoms with Gasteiger partial charge in [0.1, 0.15) is 30.3 Å². The highest BCUT2D eigenvalue weighted by atomic mass is 32.1. The van der Waals surface area contributed by atoms with Crippen LogP contribution in [0.15, 0.2) is 60.0 Å². The molecule has 180 valence electrons. The van der Waals surface area contributed by atoms with Gasteiger partial charge in [-0.1, -0.05) is 44.2 Å². The average Bonchev–Trinajstić information content (AvgIpc) is 3.31. The maximum absolute atomic E-state index is 12.0. The Bertz CT molecular complexity index is 1300. The second-order valence-electron chi connectivity index (χ2n) is 9.07. The van der Waals surface area contributed by atoms with E-state index in [1.54, 1.807) is 11.3 Å². The van der Waals surface area contributed by atoms with Gasteiger partial charge in [-0.05, 0) is 29.8 Å². The Labute approximate surface area is 209 Å². The van der Waals surface area contributed by atoms with Crippen molar-refractivity contribution in [2.75, 3.05) is 36.9 Å². The van der Waals surface area contributed by atoms with Gasteiger partial charge in [-0.25, -0.2) is 9.97 Å². The molecule has 0 bridgehead atoms. The van der Waals surface area contributed by atoms with Crippen molar-refractivity contribution in [3.63, 3.8) is 0 Å². The van der Waals surface area contributed by atoms with Crippen LogP contribution in [-0.4, -0.2) is 42.2 Å². The highest BCUT2D eigenvalue weighted by molar-refractivity contribution is 7.17. The molecule has 1 aliphatic rings. The monoisotopic (exact) mass is 488 g/mol. The van der Waals surface area contributed by atoms with Crippen LogP contribution in [0.1, 0.15) is 19.7 Å². The first-order valence-electron chi connectivity index (χ1n) is 12.0. The fourth-order valence-corrected chi connectivity index (χ4v) is 5.07. The lowest BCUT2D eigenvalue weighted by molar-refractivity contribution is -0.922. The molecule has 1 saturated heterocycles. The number of quaternary nitrogens is 1. The third kappa shape index (κ3) is 5.51. The summed E-state index contributed by atoms with van der Waals surface area (Å²) in [4.78, 5) is 24.4. The smallest absolute Gasteiger partial charge is 0.226 e. The number of hydrogen-bond donors (Lipinski definition) is 3. The Morgan fingerprint density at radius 3 is 2.46 bits per heavy atom. The molecule has 2 aromatic heterocycles. The molecule has 0 aliphatic carbocycles. The molecule has 0 radical (unpaired) electrons. The van der Waals surface area contributed by atoms with Crippen molar-refractivity contribution in [1.82, 2.24) is 9.97 Å². The molecule has 1 fully saturated rings. The first-order chi connectivity index (χ1) is 17.1. The first-order valence-corrected chi connectivity index (χ1v) is 12.9. The summed E-state index contributed by atoms with van der Waals surface area (Å²) in [6, 6.07) is 18.1. The molecule has 0 unspecified atom stereocenters. The van der Waals surface area contributed by atoms with Crippen LogP contribution in [-0.2, 0) is 16.1 Å². The van der Waals surface area contributed by atoms with Gasteiger partial charge in [0.2, 0.25) is 5.91 Å². The number of fused-ring (bicyclic) bond motifs is 1. The fraction of sp³-hybridized carbons (Fsp3) is 0.296. The van der Waals surface area contributed by atoms with Crippen LogP contribution < -0.4 is 15.5 Å². The normalized spacial score (nSPS) is 14.4. The van der Waals surface area contributed by atoms with Crippen LogP contribution in [0.5, 0.6) is 0 Å². The number of amides is 1. The number of carbonyl (C=O) groups is 1. The van der Waals surface area contributed by atoms with Gasteiger partial charge >= 0.3 is 0 Å². The molecule has 3 heterocycles.